The third-order valence-corrected chi connectivity index (χ3v) is 1.65. The van der Waals surface area contributed by atoms with Gasteiger partial charge in [-0.25, -0.2) is 0 Å². The molecule has 0 radical (unpaired) electrons. The zero-order chi connectivity index (χ0) is 7.68. The van der Waals surface area contributed by atoms with Gasteiger partial charge in [0.05, 0.1) is 6.61 Å². The van der Waals surface area contributed by atoms with Gasteiger partial charge in [-0.15, -0.1) is 0 Å². The summed E-state index contributed by atoms with van der Waals surface area (Å²) in [6, 6.07) is 4.97. The predicted octanol–water partition coefficient (Wildman–Crippen LogP) is 1.26. The van der Waals surface area contributed by atoms with Crippen molar-refractivity contribution in [2.45, 2.75) is 6.42 Å². The fourth-order valence-electron chi connectivity index (χ4n) is 1.10. The lowest BCUT2D eigenvalue weighted by Crippen LogP contribution is -2.10. The van der Waals surface area contributed by atoms with E-state index in [2.05, 4.69) is 0 Å². The van der Waals surface area contributed by atoms with E-state index in [1.165, 1.54) is 0 Å². The van der Waals surface area contributed by atoms with Gasteiger partial charge in [0, 0.05) is 12.0 Å². The highest BCUT2D eigenvalue weighted by Crippen LogP contribution is 2.26. The molecule has 1 aromatic carbocycles. The molecule has 1 aliphatic heterocycles. The van der Waals surface area contributed by atoms with Crippen LogP contribution in [0.1, 0.15) is 5.56 Å². The van der Waals surface area contributed by atoms with Crippen molar-refractivity contribution >= 4 is 0 Å². The Balaban J connectivity index is 2.43. The van der Waals surface area contributed by atoms with Crippen molar-refractivity contribution in [3.05, 3.63) is 23.8 Å². The van der Waals surface area contributed by atoms with Crippen molar-refractivity contribution in [1.29, 1.82) is 0 Å². The number of fused-ring (bicyclic) bond motifs is 1. The first-order valence-corrected chi connectivity index (χ1v) is 3.47. The summed E-state index contributed by atoms with van der Waals surface area (Å²) in [4.78, 5) is 9.62. The monoisotopic (exact) mass is 152 g/mol. The van der Waals surface area contributed by atoms with E-state index < -0.39 is 0 Å². The average Bonchev–Trinajstić information content (AvgIpc) is 2.04. The molecule has 1 heterocycles. The van der Waals surface area contributed by atoms with Gasteiger partial charge < -0.3 is 9.99 Å². The van der Waals surface area contributed by atoms with Crippen LogP contribution in [-0.2, 0) is 11.3 Å². The van der Waals surface area contributed by atoms with Crippen LogP contribution in [-0.4, -0.2) is 11.7 Å². The van der Waals surface area contributed by atoms with E-state index in [1.807, 2.05) is 0 Å². The van der Waals surface area contributed by atoms with Crippen LogP contribution in [0.5, 0.6) is 11.5 Å². The molecule has 0 spiro atoms. The zero-order valence-corrected chi connectivity index (χ0v) is 5.91. The highest BCUT2D eigenvalue weighted by atomic mass is 17.2. The second-order valence-electron chi connectivity index (χ2n) is 2.45. The van der Waals surface area contributed by atoms with Gasteiger partial charge in [-0.05, 0) is 18.2 Å². The van der Waals surface area contributed by atoms with Crippen LogP contribution >= 0.6 is 0 Å². The average molecular weight is 152 g/mol. The standard InChI is InChI=1S/C8H8O3/c9-7-1-2-8-6(5-7)3-4-10-11-8/h1-2,5,9H,3-4H2. The molecule has 3 nitrogen and oxygen atoms in total. The van der Waals surface area contributed by atoms with E-state index in [0.29, 0.717) is 12.4 Å². The van der Waals surface area contributed by atoms with E-state index in [4.69, 9.17) is 14.9 Å². The van der Waals surface area contributed by atoms with Crippen LogP contribution in [0, 0.1) is 0 Å². The lowest BCUT2D eigenvalue weighted by Gasteiger charge is -2.14. The molecule has 1 aromatic rings. The minimum Gasteiger partial charge on any atom is -0.508 e. The van der Waals surface area contributed by atoms with Crippen molar-refractivity contribution in [2.24, 2.45) is 0 Å². The molecule has 11 heavy (non-hydrogen) atoms. The molecule has 2 rings (SSSR count). The maximum absolute atomic E-state index is 9.09. The van der Waals surface area contributed by atoms with Gasteiger partial charge in [-0.3, -0.25) is 0 Å². The van der Waals surface area contributed by atoms with E-state index in [1.54, 1.807) is 18.2 Å². The Hall–Kier alpha value is -1.22. The van der Waals surface area contributed by atoms with Gasteiger partial charge in [0.1, 0.15) is 5.75 Å². The first-order chi connectivity index (χ1) is 5.36. The molecule has 0 bridgehead atoms. The molecule has 0 unspecified atom stereocenters. The van der Waals surface area contributed by atoms with Gasteiger partial charge in [0.15, 0.2) is 5.75 Å². The summed E-state index contributed by atoms with van der Waals surface area (Å²) in [6.45, 7) is 0.552. The minimum absolute atomic E-state index is 0.272. The number of aromatic hydroxyl groups is 1. The summed E-state index contributed by atoms with van der Waals surface area (Å²) in [7, 11) is 0. The molecular weight excluding hydrogens is 144 g/mol. The summed E-state index contributed by atoms with van der Waals surface area (Å²) in [5, 5.41) is 9.09. The molecule has 1 N–H and O–H groups in total. The zero-order valence-electron chi connectivity index (χ0n) is 5.91. The van der Waals surface area contributed by atoms with E-state index in [0.717, 1.165) is 12.0 Å². The number of hydrogen-bond acceptors (Lipinski definition) is 3. The summed E-state index contributed by atoms with van der Waals surface area (Å²) >= 11 is 0. The number of benzene rings is 1. The topological polar surface area (TPSA) is 38.7 Å². The molecule has 0 saturated carbocycles. The van der Waals surface area contributed by atoms with Crippen LogP contribution < -0.4 is 4.89 Å². The van der Waals surface area contributed by atoms with E-state index >= 15 is 0 Å². The number of hydrogen-bond donors (Lipinski definition) is 1. The molecule has 0 fully saturated rings. The Kier molecular flexibility index (Phi) is 1.43. The molecule has 3 heteroatoms. The van der Waals surface area contributed by atoms with Crippen LogP contribution in [0.2, 0.25) is 0 Å². The maximum Gasteiger partial charge on any atom is 0.168 e. The van der Waals surface area contributed by atoms with Crippen LogP contribution in [0.15, 0.2) is 18.2 Å². The second kappa shape index (κ2) is 2.43. The van der Waals surface area contributed by atoms with Crippen molar-refractivity contribution in [2.75, 3.05) is 6.61 Å². The van der Waals surface area contributed by atoms with Crippen LogP contribution in [0.3, 0.4) is 0 Å². The van der Waals surface area contributed by atoms with Gasteiger partial charge in [-0.1, -0.05) is 0 Å². The minimum atomic E-state index is 0.272. The highest BCUT2D eigenvalue weighted by molar-refractivity contribution is 5.39. The summed E-state index contributed by atoms with van der Waals surface area (Å²) in [6.07, 6.45) is 0.795. The Morgan fingerprint density at radius 2 is 2.27 bits per heavy atom. The Morgan fingerprint density at radius 3 is 3.18 bits per heavy atom. The van der Waals surface area contributed by atoms with Crippen molar-refractivity contribution in [3.8, 4) is 11.5 Å². The van der Waals surface area contributed by atoms with Crippen molar-refractivity contribution in [1.82, 2.24) is 0 Å². The molecule has 1 aliphatic rings. The first kappa shape index (κ1) is 6.49. The first-order valence-electron chi connectivity index (χ1n) is 3.47. The fourth-order valence-corrected chi connectivity index (χ4v) is 1.10. The lowest BCUT2D eigenvalue weighted by molar-refractivity contribution is -0.215. The third kappa shape index (κ3) is 1.14. The molecule has 0 aliphatic carbocycles. The Bertz CT molecular complexity index is 270. The van der Waals surface area contributed by atoms with Gasteiger partial charge in [0.2, 0.25) is 0 Å². The van der Waals surface area contributed by atoms with Gasteiger partial charge in [-0.2, -0.15) is 4.89 Å². The smallest absolute Gasteiger partial charge is 0.168 e. The number of phenolic OH excluding ortho intramolecular Hbond substituents is 1. The molecular formula is C8H8O3. The van der Waals surface area contributed by atoms with Crippen LogP contribution in [0.4, 0.5) is 0 Å². The summed E-state index contributed by atoms with van der Waals surface area (Å²) < 4.78 is 0. The lowest BCUT2D eigenvalue weighted by atomic mass is 10.1. The maximum atomic E-state index is 9.09. The fraction of sp³-hybridized carbons (Fsp3) is 0.250. The largest absolute Gasteiger partial charge is 0.508 e. The molecule has 0 aromatic heterocycles. The summed E-state index contributed by atoms with van der Waals surface area (Å²) in [5.41, 5.74) is 0.997. The molecule has 0 atom stereocenters. The summed E-state index contributed by atoms with van der Waals surface area (Å²) in [5.74, 6) is 0.975. The highest BCUT2D eigenvalue weighted by Gasteiger charge is 2.10. The normalized spacial score (nSPS) is 15.3. The Morgan fingerprint density at radius 1 is 1.36 bits per heavy atom. The van der Waals surface area contributed by atoms with E-state index in [-0.39, 0.29) is 5.75 Å². The predicted molar refractivity (Wildman–Crippen MR) is 38.4 cm³/mol. The van der Waals surface area contributed by atoms with Crippen molar-refractivity contribution in [3.63, 3.8) is 0 Å². The van der Waals surface area contributed by atoms with Crippen molar-refractivity contribution < 1.29 is 14.9 Å². The van der Waals surface area contributed by atoms with E-state index in [9.17, 15) is 0 Å². The van der Waals surface area contributed by atoms with Gasteiger partial charge in [0.25, 0.3) is 0 Å². The molecule has 0 saturated heterocycles. The van der Waals surface area contributed by atoms with Gasteiger partial charge >= 0.3 is 0 Å². The third-order valence-electron chi connectivity index (χ3n) is 1.65. The molecule has 58 valence electrons. The second-order valence-corrected chi connectivity index (χ2v) is 2.45. The Labute approximate surface area is 64.1 Å². The van der Waals surface area contributed by atoms with Crippen LogP contribution in [0.25, 0.3) is 0 Å². The number of rotatable bonds is 0. The molecule has 0 amide bonds. The number of phenols is 1. The quantitative estimate of drug-likeness (QED) is 0.569. The SMILES string of the molecule is Oc1ccc2c(c1)CCOO2.